The monoisotopic (exact) mass is 313 g/mol. The summed E-state index contributed by atoms with van der Waals surface area (Å²) in [6.45, 7) is 1.98. The Bertz CT molecular complexity index is 630. The van der Waals surface area contributed by atoms with Crippen molar-refractivity contribution < 1.29 is 4.21 Å². The topological polar surface area (TPSA) is 86.7 Å². The Morgan fingerprint density at radius 1 is 1.50 bits per heavy atom. The first kappa shape index (κ1) is 14.9. The number of rotatable bonds is 5. The Balaban J connectivity index is 2.32. The third-order valence-electron chi connectivity index (χ3n) is 2.96. The van der Waals surface area contributed by atoms with Crippen molar-refractivity contribution in [2.75, 3.05) is 17.7 Å². The Kier molecular flexibility index (Phi) is 4.72. The van der Waals surface area contributed by atoms with E-state index < -0.39 is 10.8 Å². The van der Waals surface area contributed by atoms with Crippen molar-refractivity contribution in [3.8, 4) is 11.4 Å². The highest BCUT2D eigenvalue weighted by Crippen LogP contribution is 2.29. The van der Waals surface area contributed by atoms with Crippen molar-refractivity contribution in [2.24, 2.45) is 0 Å². The van der Waals surface area contributed by atoms with E-state index in [9.17, 15) is 4.21 Å². The zero-order valence-corrected chi connectivity index (χ0v) is 12.9. The van der Waals surface area contributed by atoms with Crippen LogP contribution in [0.1, 0.15) is 19.4 Å². The highest BCUT2D eigenvalue weighted by molar-refractivity contribution is 7.84. The maximum atomic E-state index is 11.2. The van der Waals surface area contributed by atoms with Crippen LogP contribution in [0.5, 0.6) is 0 Å². The van der Waals surface area contributed by atoms with Crippen molar-refractivity contribution in [2.45, 2.75) is 19.4 Å². The molecule has 0 bridgehead atoms. The molecule has 8 heteroatoms. The molecule has 2 aromatic rings. The molecule has 0 aliphatic carbocycles. The fourth-order valence-corrected chi connectivity index (χ4v) is 2.72. The van der Waals surface area contributed by atoms with Crippen molar-refractivity contribution >= 4 is 28.1 Å². The van der Waals surface area contributed by atoms with Crippen molar-refractivity contribution in [3.63, 3.8) is 0 Å². The lowest BCUT2D eigenvalue weighted by molar-refractivity contribution is 0.470. The van der Waals surface area contributed by atoms with E-state index in [1.807, 2.05) is 6.92 Å². The minimum atomic E-state index is -0.835. The molecule has 0 amide bonds. The minimum absolute atomic E-state index is 0.0291. The average molecular weight is 314 g/mol. The molecule has 0 fully saturated rings. The number of hydrogen-bond acceptors (Lipinski definition) is 5. The number of nitrogens with zero attached hydrogens (tertiary/aromatic N) is 4. The predicted octanol–water partition coefficient (Wildman–Crippen LogP) is 1.91. The van der Waals surface area contributed by atoms with Gasteiger partial charge in [0.2, 0.25) is 0 Å². The molecule has 1 aromatic carbocycles. The number of nitrogens with two attached hydrogens (primary N) is 1. The molecular formula is C12H16ClN5OS. The second-order valence-corrected chi connectivity index (χ2v) is 6.56. The van der Waals surface area contributed by atoms with Crippen molar-refractivity contribution in [3.05, 3.63) is 23.2 Å². The summed E-state index contributed by atoms with van der Waals surface area (Å²) in [5.41, 5.74) is 7.08. The molecule has 2 N–H and O–H groups in total. The molecule has 6 nitrogen and oxygen atoms in total. The van der Waals surface area contributed by atoms with Gasteiger partial charge in [-0.2, -0.15) is 0 Å². The Morgan fingerprint density at radius 2 is 2.25 bits per heavy atom. The minimum Gasteiger partial charge on any atom is -0.399 e. The van der Waals surface area contributed by atoms with Gasteiger partial charge in [-0.15, -0.1) is 5.10 Å². The molecule has 0 aliphatic rings. The van der Waals surface area contributed by atoms with Gasteiger partial charge in [0, 0.05) is 34.1 Å². The van der Waals surface area contributed by atoms with Gasteiger partial charge in [-0.1, -0.05) is 11.6 Å². The van der Waals surface area contributed by atoms with Crippen LogP contribution in [0.3, 0.4) is 0 Å². The van der Waals surface area contributed by atoms with Gasteiger partial charge in [0.1, 0.15) is 0 Å². The van der Waals surface area contributed by atoms with Crippen LogP contribution >= 0.6 is 11.6 Å². The van der Waals surface area contributed by atoms with Crippen LogP contribution in [0.2, 0.25) is 5.02 Å². The molecule has 0 saturated heterocycles. The molecule has 2 rings (SSSR count). The largest absolute Gasteiger partial charge is 0.399 e. The number of anilines is 1. The molecule has 0 saturated carbocycles. The normalized spacial score (nSPS) is 14.2. The van der Waals surface area contributed by atoms with Gasteiger partial charge in [-0.3, -0.25) is 4.21 Å². The lowest BCUT2D eigenvalue weighted by atomic mass is 10.1. The fraction of sp³-hybridized carbons (Fsp3) is 0.417. The SMILES string of the molecule is CC(CCS(C)=O)n1nnnc1-c1cc(N)ccc1Cl. The third-order valence-corrected chi connectivity index (χ3v) is 4.10. The molecule has 0 spiro atoms. The van der Waals surface area contributed by atoms with E-state index >= 15 is 0 Å². The number of nitrogen functional groups attached to an aromatic ring is 1. The summed E-state index contributed by atoms with van der Waals surface area (Å²) in [7, 11) is -0.835. The molecule has 20 heavy (non-hydrogen) atoms. The summed E-state index contributed by atoms with van der Waals surface area (Å²) >= 11 is 6.18. The standard InChI is InChI=1S/C12H16ClN5OS/c1-8(5-6-20(2)19)18-12(15-16-17-18)10-7-9(14)3-4-11(10)13/h3-4,7-8H,5-6,14H2,1-2H3. The van der Waals surface area contributed by atoms with E-state index in [-0.39, 0.29) is 6.04 Å². The van der Waals surface area contributed by atoms with Gasteiger partial charge in [0.05, 0.1) is 11.1 Å². The summed E-state index contributed by atoms with van der Waals surface area (Å²) in [5, 5.41) is 12.3. The third kappa shape index (κ3) is 3.34. The molecule has 2 atom stereocenters. The van der Waals surface area contributed by atoms with Crippen LogP contribution in [0.4, 0.5) is 5.69 Å². The molecule has 0 aliphatic heterocycles. The first-order chi connectivity index (χ1) is 9.49. The van der Waals surface area contributed by atoms with E-state index in [4.69, 9.17) is 17.3 Å². The molecule has 0 radical (unpaired) electrons. The summed E-state index contributed by atoms with van der Waals surface area (Å²) < 4.78 is 12.9. The Hall–Kier alpha value is -1.47. The lowest BCUT2D eigenvalue weighted by Crippen LogP contribution is -2.12. The molecule has 2 unspecified atom stereocenters. The summed E-state index contributed by atoms with van der Waals surface area (Å²) in [5.74, 6) is 1.17. The quantitative estimate of drug-likeness (QED) is 0.852. The predicted molar refractivity (Wildman–Crippen MR) is 80.9 cm³/mol. The second kappa shape index (κ2) is 6.32. The van der Waals surface area contributed by atoms with Gasteiger partial charge in [-0.05, 0) is 42.0 Å². The zero-order chi connectivity index (χ0) is 14.7. The zero-order valence-electron chi connectivity index (χ0n) is 11.3. The number of tetrazole rings is 1. The molecule has 108 valence electrons. The summed E-state index contributed by atoms with van der Waals surface area (Å²) in [4.78, 5) is 0. The number of benzene rings is 1. The smallest absolute Gasteiger partial charge is 0.183 e. The van der Waals surface area contributed by atoms with Crippen molar-refractivity contribution in [1.82, 2.24) is 20.2 Å². The van der Waals surface area contributed by atoms with Gasteiger partial charge < -0.3 is 5.73 Å². The van der Waals surface area contributed by atoms with Crippen LogP contribution in [0.25, 0.3) is 11.4 Å². The summed E-state index contributed by atoms with van der Waals surface area (Å²) in [6, 6.07) is 5.22. The van der Waals surface area contributed by atoms with Crippen LogP contribution in [0, 0.1) is 0 Å². The van der Waals surface area contributed by atoms with Gasteiger partial charge >= 0.3 is 0 Å². The van der Waals surface area contributed by atoms with Gasteiger partial charge in [0.25, 0.3) is 0 Å². The van der Waals surface area contributed by atoms with Crippen LogP contribution in [-0.4, -0.2) is 36.4 Å². The maximum Gasteiger partial charge on any atom is 0.183 e. The average Bonchev–Trinajstić information content (AvgIpc) is 2.88. The number of halogens is 1. The molecular weight excluding hydrogens is 298 g/mol. The van der Waals surface area contributed by atoms with E-state index in [2.05, 4.69) is 15.5 Å². The highest BCUT2D eigenvalue weighted by atomic mass is 35.5. The Morgan fingerprint density at radius 3 is 2.95 bits per heavy atom. The van der Waals surface area contributed by atoms with Crippen LogP contribution < -0.4 is 5.73 Å². The first-order valence-electron chi connectivity index (χ1n) is 6.12. The first-order valence-corrected chi connectivity index (χ1v) is 8.23. The maximum absolute atomic E-state index is 11.2. The fourth-order valence-electron chi connectivity index (χ4n) is 1.84. The van der Waals surface area contributed by atoms with Gasteiger partial charge in [0.15, 0.2) is 5.82 Å². The second-order valence-electron chi connectivity index (χ2n) is 4.60. The lowest BCUT2D eigenvalue weighted by Gasteiger charge is -2.13. The van der Waals surface area contributed by atoms with Gasteiger partial charge in [-0.25, -0.2) is 4.68 Å². The number of hydrogen-bond donors (Lipinski definition) is 1. The van der Waals surface area contributed by atoms with E-state index in [1.54, 1.807) is 29.1 Å². The van der Waals surface area contributed by atoms with Crippen molar-refractivity contribution in [1.29, 1.82) is 0 Å². The highest BCUT2D eigenvalue weighted by Gasteiger charge is 2.17. The Labute approximate surface area is 124 Å². The molecule has 1 aromatic heterocycles. The summed E-state index contributed by atoms with van der Waals surface area (Å²) in [6.07, 6.45) is 2.41. The van der Waals surface area contributed by atoms with E-state index in [0.29, 0.717) is 27.9 Å². The van der Waals surface area contributed by atoms with Crippen LogP contribution in [-0.2, 0) is 10.8 Å². The molecule has 1 heterocycles. The van der Waals surface area contributed by atoms with E-state index in [1.165, 1.54) is 0 Å². The number of aromatic nitrogens is 4. The van der Waals surface area contributed by atoms with E-state index in [0.717, 1.165) is 6.42 Å². The van der Waals surface area contributed by atoms with Crippen LogP contribution in [0.15, 0.2) is 18.2 Å².